The van der Waals surface area contributed by atoms with E-state index in [4.69, 9.17) is 4.74 Å². The summed E-state index contributed by atoms with van der Waals surface area (Å²) in [7, 11) is 0. The highest BCUT2D eigenvalue weighted by molar-refractivity contribution is 7.15. The summed E-state index contributed by atoms with van der Waals surface area (Å²) in [6.07, 6.45) is -2.49. The largest absolute Gasteiger partial charge is 0.433 e. The molecular formula is C20H20F3N5O2S. The summed E-state index contributed by atoms with van der Waals surface area (Å²) in [5.74, 6) is -0.145. The number of nitrogens with one attached hydrogen (secondary N) is 1. The summed E-state index contributed by atoms with van der Waals surface area (Å²) in [6, 6.07) is 6.46. The van der Waals surface area contributed by atoms with Crippen molar-refractivity contribution in [2.24, 2.45) is 0 Å². The molecule has 1 atom stereocenters. The maximum absolute atomic E-state index is 13.0. The molecule has 0 radical (unpaired) electrons. The SMILES string of the molecule is CC(O)c1ncc(-c2cc(Nc3nccc(C(F)(F)F)n3)cc(N3CCOCC3)c2)s1. The third-order valence-electron chi connectivity index (χ3n) is 4.66. The zero-order valence-corrected chi connectivity index (χ0v) is 17.4. The van der Waals surface area contributed by atoms with Crippen LogP contribution < -0.4 is 10.2 Å². The Bertz CT molecular complexity index is 1050. The van der Waals surface area contributed by atoms with E-state index < -0.39 is 18.0 Å². The fraction of sp³-hybridized carbons (Fsp3) is 0.350. The number of ether oxygens (including phenoxy) is 1. The number of hydrogen-bond donors (Lipinski definition) is 2. The van der Waals surface area contributed by atoms with E-state index >= 15 is 0 Å². The number of anilines is 3. The minimum atomic E-state index is -4.56. The molecule has 0 saturated carbocycles. The Morgan fingerprint density at radius 2 is 1.97 bits per heavy atom. The van der Waals surface area contributed by atoms with E-state index in [-0.39, 0.29) is 5.95 Å². The summed E-state index contributed by atoms with van der Waals surface area (Å²) in [5, 5.41) is 13.3. The number of hydrogen-bond acceptors (Lipinski definition) is 8. The van der Waals surface area contributed by atoms with E-state index in [1.54, 1.807) is 19.2 Å². The lowest BCUT2D eigenvalue weighted by Crippen LogP contribution is -2.36. The van der Waals surface area contributed by atoms with Crippen LogP contribution in [0.15, 0.2) is 36.7 Å². The van der Waals surface area contributed by atoms with Crippen LogP contribution in [0.2, 0.25) is 0 Å². The minimum absolute atomic E-state index is 0.145. The van der Waals surface area contributed by atoms with Gasteiger partial charge in [0.1, 0.15) is 16.8 Å². The maximum Gasteiger partial charge on any atom is 0.433 e. The van der Waals surface area contributed by atoms with Gasteiger partial charge in [-0.15, -0.1) is 11.3 Å². The van der Waals surface area contributed by atoms with Crippen LogP contribution in [0.4, 0.5) is 30.5 Å². The molecule has 2 aromatic heterocycles. The molecular weight excluding hydrogens is 431 g/mol. The number of aliphatic hydroxyl groups excluding tert-OH is 1. The molecule has 0 spiro atoms. The molecule has 4 rings (SSSR count). The smallest absolute Gasteiger partial charge is 0.386 e. The monoisotopic (exact) mass is 451 g/mol. The molecule has 2 N–H and O–H groups in total. The van der Waals surface area contributed by atoms with Crippen molar-refractivity contribution in [3.63, 3.8) is 0 Å². The van der Waals surface area contributed by atoms with Crippen molar-refractivity contribution in [3.05, 3.63) is 47.4 Å². The standard InChI is InChI=1S/C20H20F3N5O2S/c1-12(29)18-25-11-16(31-18)13-8-14(10-15(9-13)28-4-6-30-7-5-28)26-19-24-3-2-17(27-19)20(21,22)23/h2-3,8-12,29H,4-7H2,1H3,(H,24,26,27). The summed E-state index contributed by atoms with van der Waals surface area (Å²) in [6.45, 7) is 4.23. The van der Waals surface area contributed by atoms with Gasteiger partial charge in [0.25, 0.3) is 0 Å². The fourth-order valence-corrected chi connectivity index (χ4v) is 3.99. The summed E-state index contributed by atoms with van der Waals surface area (Å²) < 4.78 is 44.4. The second-order valence-electron chi connectivity index (χ2n) is 6.99. The Labute approximate surface area is 180 Å². The van der Waals surface area contributed by atoms with Gasteiger partial charge in [0, 0.05) is 36.9 Å². The second kappa shape index (κ2) is 8.77. The summed E-state index contributed by atoms with van der Waals surface area (Å²) in [4.78, 5) is 14.7. The van der Waals surface area contributed by atoms with Crippen molar-refractivity contribution in [3.8, 4) is 10.4 Å². The molecule has 1 unspecified atom stereocenters. The highest BCUT2D eigenvalue weighted by Gasteiger charge is 2.32. The molecule has 1 aliphatic rings. The molecule has 0 bridgehead atoms. The van der Waals surface area contributed by atoms with Crippen LogP contribution in [0, 0.1) is 0 Å². The van der Waals surface area contributed by atoms with Gasteiger partial charge >= 0.3 is 6.18 Å². The Kier molecular flexibility index (Phi) is 6.08. The third kappa shape index (κ3) is 5.12. The van der Waals surface area contributed by atoms with Gasteiger partial charge < -0.3 is 20.1 Å². The van der Waals surface area contributed by atoms with Crippen LogP contribution in [0.3, 0.4) is 0 Å². The Morgan fingerprint density at radius 3 is 2.65 bits per heavy atom. The van der Waals surface area contributed by atoms with E-state index in [1.807, 2.05) is 12.1 Å². The molecule has 1 aromatic carbocycles. The van der Waals surface area contributed by atoms with Crippen LogP contribution in [0.1, 0.15) is 23.7 Å². The Hall–Kier alpha value is -2.76. The van der Waals surface area contributed by atoms with Gasteiger partial charge in [0.2, 0.25) is 5.95 Å². The number of morpholine rings is 1. The number of aromatic nitrogens is 3. The second-order valence-corrected chi connectivity index (χ2v) is 8.06. The molecule has 7 nitrogen and oxygen atoms in total. The predicted octanol–water partition coefficient (Wildman–Crippen LogP) is 4.25. The average Bonchev–Trinajstić information content (AvgIpc) is 3.25. The first kappa shape index (κ1) is 21.5. The lowest BCUT2D eigenvalue weighted by Gasteiger charge is -2.29. The normalized spacial score (nSPS) is 15.7. The minimum Gasteiger partial charge on any atom is -0.386 e. The number of alkyl halides is 3. The van der Waals surface area contributed by atoms with Gasteiger partial charge in [0.15, 0.2) is 0 Å². The van der Waals surface area contributed by atoms with E-state index in [2.05, 4.69) is 25.2 Å². The molecule has 3 aromatic rings. The fourth-order valence-electron chi connectivity index (χ4n) is 3.15. The van der Waals surface area contributed by atoms with Crippen LogP contribution in [0.25, 0.3) is 10.4 Å². The predicted molar refractivity (Wildman–Crippen MR) is 112 cm³/mol. The molecule has 0 amide bonds. The van der Waals surface area contributed by atoms with Crippen molar-refractivity contribution in [1.29, 1.82) is 0 Å². The van der Waals surface area contributed by atoms with Crippen molar-refractivity contribution in [2.75, 3.05) is 36.5 Å². The summed E-state index contributed by atoms with van der Waals surface area (Å²) in [5.41, 5.74) is 1.24. The highest BCUT2D eigenvalue weighted by Crippen LogP contribution is 2.35. The topological polar surface area (TPSA) is 83.4 Å². The van der Waals surface area contributed by atoms with Crippen LogP contribution in [-0.4, -0.2) is 46.4 Å². The van der Waals surface area contributed by atoms with Gasteiger partial charge in [-0.1, -0.05) is 0 Å². The molecule has 1 fully saturated rings. The molecule has 0 aliphatic carbocycles. The maximum atomic E-state index is 13.0. The average molecular weight is 451 g/mol. The Balaban J connectivity index is 1.70. The van der Waals surface area contributed by atoms with Gasteiger partial charge in [-0.25, -0.2) is 15.0 Å². The van der Waals surface area contributed by atoms with Gasteiger partial charge in [0.05, 0.1) is 18.1 Å². The lowest BCUT2D eigenvalue weighted by atomic mass is 10.1. The molecule has 164 valence electrons. The van der Waals surface area contributed by atoms with Crippen molar-refractivity contribution in [2.45, 2.75) is 19.2 Å². The first-order valence-electron chi connectivity index (χ1n) is 9.59. The zero-order valence-electron chi connectivity index (χ0n) is 16.6. The quantitative estimate of drug-likeness (QED) is 0.600. The van der Waals surface area contributed by atoms with E-state index in [9.17, 15) is 18.3 Å². The molecule has 11 heteroatoms. The van der Waals surface area contributed by atoms with E-state index in [0.717, 1.165) is 28.4 Å². The van der Waals surface area contributed by atoms with Crippen molar-refractivity contribution < 1.29 is 23.0 Å². The Morgan fingerprint density at radius 1 is 1.19 bits per heavy atom. The van der Waals surface area contributed by atoms with Crippen LogP contribution >= 0.6 is 11.3 Å². The highest BCUT2D eigenvalue weighted by atomic mass is 32.1. The lowest BCUT2D eigenvalue weighted by molar-refractivity contribution is -0.141. The van der Waals surface area contributed by atoms with E-state index in [1.165, 1.54) is 11.3 Å². The van der Waals surface area contributed by atoms with Crippen LogP contribution in [-0.2, 0) is 10.9 Å². The summed E-state index contributed by atoms with van der Waals surface area (Å²) >= 11 is 1.36. The molecule has 3 heterocycles. The zero-order chi connectivity index (χ0) is 22.0. The number of benzene rings is 1. The first-order chi connectivity index (χ1) is 14.8. The number of halogens is 3. The number of rotatable bonds is 5. The van der Waals surface area contributed by atoms with Crippen LogP contribution in [0.5, 0.6) is 0 Å². The molecule has 1 aliphatic heterocycles. The van der Waals surface area contributed by atoms with Gasteiger partial charge in [-0.05, 0) is 36.8 Å². The molecule has 31 heavy (non-hydrogen) atoms. The number of thiazole rings is 1. The third-order valence-corrected chi connectivity index (χ3v) is 5.88. The molecule has 1 saturated heterocycles. The van der Waals surface area contributed by atoms with Gasteiger partial charge in [-0.2, -0.15) is 13.2 Å². The van der Waals surface area contributed by atoms with Gasteiger partial charge in [-0.3, -0.25) is 0 Å². The van der Waals surface area contributed by atoms with Crippen molar-refractivity contribution in [1.82, 2.24) is 15.0 Å². The first-order valence-corrected chi connectivity index (χ1v) is 10.4. The number of aliphatic hydroxyl groups is 1. The number of nitrogens with zero attached hydrogens (tertiary/aromatic N) is 4. The van der Waals surface area contributed by atoms with E-state index in [0.29, 0.717) is 37.0 Å². The van der Waals surface area contributed by atoms with Crippen molar-refractivity contribution >= 4 is 28.7 Å².